The number of benzene rings is 1. The Labute approximate surface area is 189 Å². The molecule has 3 heterocycles. The molecule has 3 aromatic rings. The van der Waals surface area contributed by atoms with Crippen LogP contribution in [0, 0.1) is 5.92 Å². The molecular weight excluding hydrogens is 451 g/mol. The maximum atomic E-state index is 13.4. The van der Waals surface area contributed by atoms with Crippen LogP contribution >= 0.6 is 24.8 Å². The number of halogens is 4. The van der Waals surface area contributed by atoms with Crippen LogP contribution < -0.4 is 10.2 Å². The Hall–Kier alpha value is -2.56. The molecule has 5 rings (SSSR count). The summed E-state index contributed by atoms with van der Waals surface area (Å²) in [7, 11) is 0. The summed E-state index contributed by atoms with van der Waals surface area (Å²) < 4.78 is 26.8. The second-order valence-corrected chi connectivity index (χ2v) is 7.44. The zero-order valence-corrected chi connectivity index (χ0v) is 17.8. The third kappa shape index (κ3) is 4.56. The van der Waals surface area contributed by atoms with Crippen molar-refractivity contribution in [3.8, 4) is 28.1 Å². The molecule has 1 saturated carbocycles. The number of aromatic hydroxyl groups is 1. The number of hydrogen-bond donors (Lipinski definition) is 3. The standard InChI is InChI=1S/C19H19F2N7O.2ClH/c20-19(21)6-14(19)16-10-28(4-3-22-16)18-23-9-15(26-27-18)13-2-1-11(5-17(13)29)12-7-24-25-8-12;;/h1-2,5,7-9,14,16,22,29H,3-4,6,10H2,(H,24,25);2*1H. The Balaban J connectivity index is 0.00000136. The number of phenolic OH excluding ortho intramolecular Hbond substituents is 1. The summed E-state index contributed by atoms with van der Waals surface area (Å²) in [5.41, 5.74) is 2.63. The van der Waals surface area contributed by atoms with Gasteiger partial charge in [0.2, 0.25) is 5.95 Å². The quantitative estimate of drug-likeness (QED) is 0.537. The number of H-pyrrole nitrogens is 1. The lowest BCUT2D eigenvalue weighted by molar-refractivity contribution is 0.0890. The maximum Gasteiger partial charge on any atom is 0.253 e. The van der Waals surface area contributed by atoms with Gasteiger partial charge in [-0.15, -0.1) is 35.0 Å². The highest BCUT2D eigenvalue weighted by molar-refractivity contribution is 5.85. The van der Waals surface area contributed by atoms with E-state index in [0.29, 0.717) is 36.8 Å². The van der Waals surface area contributed by atoms with Gasteiger partial charge in [-0.05, 0) is 17.7 Å². The molecule has 2 unspecified atom stereocenters. The minimum Gasteiger partial charge on any atom is -0.507 e. The van der Waals surface area contributed by atoms with Crippen molar-refractivity contribution >= 4 is 30.8 Å². The lowest BCUT2D eigenvalue weighted by atomic mass is 10.0. The maximum absolute atomic E-state index is 13.4. The highest BCUT2D eigenvalue weighted by Gasteiger charge is 2.60. The van der Waals surface area contributed by atoms with Crippen LogP contribution in [0.2, 0.25) is 0 Å². The number of phenols is 1. The number of nitrogens with zero attached hydrogens (tertiary/aromatic N) is 5. The van der Waals surface area contributed by atoms with Gasteiger partial charge < -0.3 is 15.3 Å². The van der Waals surface area contributed by atoms with Crippen LogP contribution in [-0.2, 0) is 0 Å². The van der Waals surface area contributed by atoms with E-state index < -0.39 is 11.8 Å². The molecule has 0 amide bonds. The average Bonchev–Trinajstić information content (AvgIpc) is 3.12. The highest BCUT2D eigenvalue weighted by atomic mass is 35.5. The van der Waals surface area contributed by atoms with Crippen molar-refractivity contribution in [2.24, 2.45) is 5.92 Å². The summed E-state index contributed by atoms with van der Waals surface area (Å²) in [4.78, 5) is 6.22. The number of aromatic nitrogens is 5. The Morgan fingerprint density at radius 2 is 1.94 bits per heavy atom. The Morgan fingerprint density at radius 1 is 1.13 bits per heavy atom. The third-order valence-corrected chi connectivity index (χ3v) is 5.50. The molecule has 3 N–H and O–H groups in total. The van der Waals surface area contributed by atoms with Gasteiger partial charge in [-0.2, -0.15) is 5.10 Å². The molecule has 2 atom stereocenters. The van der Waals surface area contributed by atoms with E-state index in [1.165, 1.54) is 6.20 Å². The van der Waals surface area contributed by atoms with E-state index in [2.05, 4.69) is 30.7 Å². The van der Waals surface area contributed by atoms with Crippen molar-refractivity contribution in [2.75, 3.05) is 24.5 Å². The largest absolute Gasteiger partial charge is 0.507 e. The van der Waals surface area contributed by atoms with E-state index >= 15 is 0 Å². The van der Waals surface area contributed by atoms with Gasteiger partial charge in [-0.3, -0.25) is 5.10 Å². The predicted octanol–water partition coefficient (Wildman–Crippen LogP) is 2.91. The molecule has 31 heavy (non-hydrogen) atoms. The number of aromatic amines is 1. The lowest BCUT2D eigenvalue weighted by Gasteiger charge is -2.33. The molecular formula is C19H21Cl2F2N7O. The molecule has 166 valence electrons. The first-order chi connectivity index (χ1) is 14.0. The van der Waals surface area contributed by atoms with Crippen molar-refractivity contribution in [1.82, 2.24) is 30.7 Å². The Bertz CT molecular complexity index is 1020. The number of rotatable bonds is 4. The van der Waals surface area contributed by atoms with E-state index in [1.54, 1.807) is 24.5 Å². The van der Waals surface area contributed by atoms with Gasteiger partial charge in [0.05, 0.1) is 12.4 Å². The molecule has 0 bridgehead atoms. The van der Waals surface area contributed by atoms with Gasteiger partial charge in [-0.1, -0.05) is 6.07 Å². The normalized spacial score (nSPS) is 21.7. The monoisotopic (exact) mass is 471 g/mol. The first-order valence-electron chi connectivity index (χ1n) is 9.40. The van der Waals surface area contributed by atoms with Crippen LogP contribution in [0.25, 0.3) is 22.4 Å². The van der Waals surface area contributed by atoms with Crippen LogP contribution in [0.4, 0.5) is 14.7 Å². The first-order valence-corrected chi connectivity index (χ1v) is 9.40. The van der Waals surface area contributed by atoms with E-state index in [0.717, 1.165) is 11.1 Å². The van der Waals surface area contributed by atoms with Crippen molar-refractivity contribution in [3.05, 3.63) is 36.8 Å². The van der Waals surface area contributed by atoms with Gasteiger partial charge in [0.15, 0.2) is 0 Å². The third-order valence-electron chi connectivity index (χ3n) is 5.50. The Kier molecular flexibility index (Phi) is 6.63. The lowest BCUT2D eigenvalue weighted by Crippen LogP contribution is -2.53. The summed E-state index contributed by atoms with van der Waals surface area (Å²) in [5, 5.41) is 28.6. The summed E-state index contributed by atoms with van der Waals surface area (Å²) in [6.07, 6.45) is 4.88. The van der Waals surface area contributed by atoms with Crippen LogP contribution in [0.5, 0.6) is 5.75 Å². The average molecular weight is 472 g/mol. The zero-order chi connectivity index (χ0) is 20.0. The second-order valence-electron chi connectivity index (χ2n) is 7.44. The second kappa shape index (κ2) is 8.89. The minimum atomic E-state index is -2.57. The molecule has 1 aliphatic carbocycles. The van der Waals surface area contributed by atoms with Gasteiger partial charge in [0.25, 0.3) is 5.92 Å². The molecule has 2 aromatic heterocycles. The van der Waals surface area contributed by atoms with E-state index in [4.69, 9.17) is 0 Å². The molecule has 12 heteroatoms. The highest BCUT2D eigenvalue weighted by Crippen LogP contribution is 2.51. The fourth-order valence-electron chi connectivity index (χ4n) is 3.77. The van der Waals surface area contributed by atoms with E-state index in [1.807, 2.05) is 11.0 Å². The zero-order valence-electron chi connectivity index (χ0n) is 16.2. The van der Waals surface area contributed by atoms with E-state index in [-0.39, 0.29) is 43.0 Å². The van der Waals surface area contributed by atoms with Crippen molar-refractivity contribution < 1.29 is 13.9 Å². The molecule has 0 radical (unpaired) electrons. The molecule has 1 saturated heterocycles. The Morgan fingerprint density at radius 3 is 2.55 bits per heavy atom. The van der Waals surface area contributed by atoms with Crippen molar-refractivity contribution in [3.63, 3.8) is 0 Å². The molecule has 8 nitrogen and oxygen atoms in total. The van der Waals surface area contributed by atoms with E-state index in [9.17, 15) is 13.9 Å². The fraction of sp³-hybridized carbons (Fsp3) is 0.368. The van der Waals surface area contributed by atoms with Gasteiger partial charge in [0.1, 0.15) is 11.4 Å². The molecule has 0 spiro atoms. The summed E-state index contributed by atoms with van der Waals surface area (Å²) in [6, 6.07) is 4.96. The van der Waals surface area contributed by atoms with Gasteiger partial charge in [-0.25, -0.2) is 13.8 Å². The first kappa shape index (κ1) is 23.1. The fourth-order valence-corrected chi connectivity index (χ4v) is 3.77. The molecule has 1 aliphatic heterocycles. The number of hydrogen-bond acceptors (Lipinski definition) is 7. The SMILES string of the molecule is Cl.Cl.Oc1cc(-c2cn[nH]c2)ccc1-c1cnc(N2CCNC(C3CC3(F)F)C2)nn1. The summed E-state index contributed by atoms with van der Waals surface area (Å²) in [5.74, 6) is -2.73. The van der Waals surface area contributed by atoms with Gasteiger partial charge >= 0.3 is 0 Å². The minimum absolute atomic E-state index is 0. The summed E-state index contributed by atoms with van der Waals surface area (Å²) in [6.45, 7) is 1.64. The molecule has 2 fully saturated rings. The number of piperazine rings is 1. The summed E-state index contributed by atoms with van der Waals surface area (Å²) >= 11 is 0. The topological polar surface area (TPSA) is 103 Å². The van der Waals surface area contributed by atoms with Crippen molar-refractivity contribution in [2.45, 2.75) is 18.4 Å². The van der Waals surface area contributed by atoms with Crippen LogP contribution in [0.1, 0.15) is 6.42 Å². The van der Waals surface area contributed by atoms with Crippen LogP contribution in [-0.4, -0.2) is 62.1 Å². The van der Waals surface area contributed by atoms with Crippen LogP contribution in [0.15, 0.2) is 36.8 Å². The smallest absolute Gasteiger partial charge is 0.253 e. The van der Waals surface area contributed by atoms with Crippen LogP contribution in [0.3, 0.4) is 0 Å². The van der Waals surface area contributed by atoms with Gasteiger partial charge in [0, 0.05) is 55.3 Å². The van der Waals surface area contributed by atoms with Crippen molar-refractivity contribution in [1.29, 1.82) is 0 Å². The number of alkyl halides is 2. The molecule has 1 aromatic carbocycles. The molecule has 2 aliphatic rings. The predicted molar refractivity (Wildman–Crippen MR) is 116 cm³/mol. The number of nitrogens with one attached hydrogen (secondary N) is 2. The number of anilines is 1.